The maximum absolute atomic E-state index is 12.2. The number of fused-ring (bicyclic) bond motifs is 2. The highest BCUT2D eigenvalue weighted by Gasteiger charge is 2.48. The topological polar surface area (TPSA) is 70.7 Å². The van der Waals surface area contributed by atoms with Crippen LogP contribution in [-0.2, 0) is 4.79 Å². The van der Waals surface area contributed by atoms with E-state index >= 15 is 0 Å². The number of rotatable bonds is 4. The number of halogens is 3. The summed E-state index contributed by atoms with van der Waals surface area (Å²) < 4.78 is 40.2. The van der Waals surface area contributed by atoms with E-state index in [4.69, 9.17) is 0 Å². The van der Waals surface area contributed by atoms with Gasteiger partial charge in [-0.05, 0) is 43.0 Å². The zero-order valence-electron chi connectivity index (χ0n) is 14.2. The monoisotopic (exact) mass is 371 g/mol. The van der Waals surface area contributed by atoms with Crippen molar-refractivity contribution in [3.8, 4) is 5.75 Å². The number of likely N-dealkylation sites (tertiary alicyclic amines) is 1. The minimum Gasteiger partial charge on any atom is -0.406 e. The second-order valence-corrected chi connectivity index (χ2v) is 6.50. The number of alkyl halides is 3. The predicted molar refractivity (Wildman–Crippen MR) is 87.6 cm³/mol. The van der Waals surface area contributed by atoms with E-state index < -0.39 is 12.4 Å². The summed E-state index contributed by atoms with van der Waals surface area (Å²) in [7, 11) is 0. The molecule has 3 rings (SSSR count). The van der Waals surface area contributed by atoms with Crippen LogP contribution in [0.25, 0.3) is 0 Å². The quantitative estimate of drug-likeness (QED) is 0.854. The predicted octanol–water partition coefficient (Wildman–Crippen LogP) is 3.11. The highest BCUT2D eigenvalue weighted by Crippen LogP contribution is 2.38. The second kappa shape index (κ2) is 7.05. The number of hydrogen-bond acceptors (Lipinski definition) is 3. The first-order valence-electron chi connectivity index (χ1n) is 8.49. The summed E-state index contributed by atoms with van der Waals surface area (Å²) in [6.45, 7) is 2.47. The minimum absolute atomic E-state index is 0.0146. The third kappa shape index (κ3) is 4.03. The number of anilines is 1. The van der Waals surface area contributed by atoms with Crippen LogP contribution in [0.1, 0.15) is 26.2 Å². The molecule has 3 amide bonds. The Balaban J connectivity index is 1.55. The molecule has 1 aliphatic carbocycles. The fourth-order valence-electron chi connectivity index (χ4n) is 3.76. The van der Waals surface area contributed by atoms with Crippen molar-refractivity contribution in [2.75, 3.05) is 11.9 Å². The van der Waals surface area contributed by atoms with Crippen molar-refractivity contribution >= 4 is 17.6 Å². The first-order chi connectivity index (χ1) is 12.3. The highest BCUT2D eigenvalue weighted by molar-refractivity contribution is 5.89. The summed E-state index contributed by atoms with van der Waals surface area (Å²) in [5, 5.41) is 5.49. The Kier molecular flexibility index (Phi) is 4.97. The van der Waals surface area contributed by atoms with Gasteiger partial charge in [-0.25, -0.2) is 4.79 Å². The molecule has 142 valence electrons. The lowest BCUT2D eigenvalue weighted by molar-refractivity contribution is -0.274. The van der Waals surface area contributed by atoms with Crippen LogP contribution in [0.5, 0.6) is 5.75 Å². The number of nitrogens with one attached hydrogen (secondary N) is 2. The number of ether oxygens (including phenoxy) is 1. The normalized spacial score (nSPS) is 24.5. The molecule has 2 fully saturated rings. The van der Waals surface area contributed by atoms with Crippen molar-refractivity contribution in [2.45, 2.75) is 44.6 Å². The molecule has 1 aromatic rings. The van der Waals surface area contributed by atoms with Crippen LogP contribution < -0.4 is 15.4 Å². The van der Waals surface area contributed by atoms with Gasteiger partial charge in [-0.1, -0.05) is 6.92 Å². The molecule has 2 aliphatic rings. The van der Waals surface area contributed by atoms with E-state index in [1.165, 1.54) is 12.1 Å². The Morgan fingerprint density at radius 1 is 1.23 bits per heavy atom. The van der Waals surface area contributed by atoms with Crippen molar-refractivity contribution in [2.24, 2.45) is 5.92 Å². The lowest BCUT2D eigenvalue weighted by Gasteiger charge is -2.27. The van der Waals surface area contributed by atoms with Gasteiger partial charge in [-0.2, -0.15) is 0 Å². The number of amides is 3. The number of hydrogen-bond donors (Lipinski definition) is 2. The average Bonchev–Trinajstić information content (AvgIpc) is 3.11. The zero-order valence-corrected chi connectivity index (χ0v) is 14.2. The van der Waals surface area contributed by atoms with E-state index in [-0.39, 0.29) is 29.7 Å². The molecule has 1 heterocycles. The molecule has 2 bridgehead atoms. The molecule has 1 aromatic carbocycles. The van der Waals surface area contributed by atoms with Gasteiger partial charge in [-0.15, -0.1) is 13.2 Å². The van der Waals surface area contributed by atoms with E-state index in [1.54, 1.807) is 0 Å². The number of carbonyl (C=O) groups excluding carboxylic acids is 2. The first-order valence-corrected chi connectivity index (χ1v) is 8.49. The molecule has 0 spiro atoms. The molecule has 0 aromatic heterocycles. The number of benzene rings is 1. The van der Waals surface area contributed by atoms with Crippen LogP contribution in [0.4, 0.5) is 23.7 Å². The number of piperidine rings is 1. The van der Waals surface area contributed by atoms with Crippen LogP contribution in [0.2, 0.25) is 0 Å². The maximum Gasteiger partial charge on any atom is 0.573 e. The fraction of sp³-hybridized carbons (Fsp3) is 0.529. The molecule has 0 radical (unpaired) electrons. The van der Waals surface area contributed by atoms with Gasteiger partial charge in [0.05, 0.1) is 12.1 Å². The van der Waals surface area contributed by atoms with Gasteiger partial charge in [0.25, 0.3) is 0 Å². The van der Waals surface area contributed by atoms with Gasteiger partial charge in [0, 0.05) is 18.7 Å². The average molecular weight is 371 g/mol. The van der Waals surface area contributed by atoms with Gasteiger partial charge in [-0.3, -0.25) is 4.79 Å². The SMILES string of the molecule is CCC(=O)N1C[C@H]2CC[C@@H]1[C@H]2NC(=O)Nc1ccc(OC(F)(F)F)cc1. The Morgan fingerprint density at radius 2 is 1.92 bits per heavy atom. The third-order valence-corrected chi connectivity index (χ3v) is 4.85. The Hall–Kier alpha value is -2.45. The van der Waals surface area contributed by atoms with Crippen molar-refractivity contribution in [1.29, 1.82) is 0 Å². The lowest BCUT2D eigenvalue weighted by atomic mass is 10.1. The van der Waals surface area contributed by atoms with Crippen LogP contribution in [0, 0.1) is 5.92 Å². The summed E-state index contributed by atoms with van der Waals surface area (Å²) in [5.74, 6) is -0.0283. The van der Waals surface area contributed by atoms with Crippen molar-refractivity contribution in [3.05, 3.63) is 24.3 Å². The van der Waals surface area contributed by atoms with Crippen molar-refractivity contribution in [1.82, 2.24) is 10.2 Å². The summed E-state index contributed by atoms with van der Waals surface area (Å²) in [6.07, 6.45) is -2.48. The molecule has 1 saturated carbocycles. The summed E-state index contributed by atoms with van der Waals surface area (Å²) >= 11 is 0. The summed E-state index contributed by atoms with van der Waals surface area (Å²) in [5.41, 5.74) is 0.351. The zero-order chi connectivity index (χ0) is 18.9. The smallest absolute Gasteiger partial charge is 0.406 e. The molecule has 1 saturated heterocycles. The van der Waals surface area contributed by atoms with Crippen LogP contribution in [0.15, 0.2) is 24.3 Å². The molecule has 6 nitrogen and oxygen atoms in total. The van der Waals surface area contributed by atoms with Crippen LogP contribution in [0.3, 0.4) is 0 Å². The summed E-state index contributed by atoms with van der Waals surface area (Å²) in [4.78, 5) is 26.0. The van der Waals surface area contributed by atoms with E-state index in [1.807, 2.05) is 11.8 Å². The van der Waals surface area contributed by atoms with Crippen molar-refractivity contribution < 1.29 is 27.5 Å². The van der Waals surface area contributed by atoms with Crippen LogP contribution >= 0.6 is 0 Å². The van der Waals surface area contributed by atoms with E-state index in [9.17, 15) is 22.8 Å². The van der Waals surface area contributed by atoms with Gasteiger partial charge in [0.1, 0.15) is 5.75 Å². The molecule has 0 unspecified atom stereocenters. The second-order valence-electron chi connectivity index (χ2n) is 6.50. The van der Waals surface area contributed by atoms with Gasteiger partial charge in [0.2, 0.25) is 5.91 Å². The number of nitrogens with zero attached hydrogens (tertiary/aromatic N) is 1. The van der Waals surface area contributed by atoms with Gasteiger partial charge in [0.15, 0.2) is 0 Å². The number of carbonyl (C=O) groups is 2. The maximum atomic E-state index is 12.2. The van der Waals surface area contributed by atoms with E-state index in [2.05, 4.69) is 15.4 Å². The van der Waals surface area contributed by atoms with Crippen molar-refractivity contribution in [3.63, 3.8) is 0 Å². The molecular weight excluding hydrogens is 351 g/mol. The minimum atomic E-state index is -4.75. The Bertz CT molecular complexity index is 678. The molecule has 9 heteroatoms. The fourth-order valence-corrected chi connectivity index (χ4v) is 3.76. The Morgan fingerprint density at radius 3 is 2.54 bits per heavy atom. The van der Waals surface area contributed by atoms with Gasteiger partial charge >= 0.3 is 12.4 Å². The lowest BCUT2D eigenvalue weighted by Crippen LogP contribution is -2.46. The van der Waals surface area contributed by atoms with E-state index in [0.717, 1.165) is 25.0 Å². The largest absolute Gasteiger partial charge is 0.573 e. The standard InChI is InChI=1S/C17H20F3N3O3/c1-2-14(24)23-9-10-3-8-13(23)15(10)22-16(25)21-11-4-6-12(7-5-11)26-17(18,19)20/h4-7,10,13,15H,2-3,8-9H2,1H3,(H2,21,22,25)/t10-,13-,15+/m1/s1. The van der Waals surface area contributed by atoms with Gasteiger partial charge < -0.3 is 20.3 Å². The first kappa shape index (κ1) is 18.3. The molecule has 26 heavy (non-hydrogen) atoms. The molecular formula is C17H20F3N3O3. The molecule has 1 aliphatic heterocycles. The highest BCUT2D eigenvalue weighted by atomic mass is 19.4. The summed E-state index contributed by atoms with van der Waals surface area (Å²) in [6, 6.07) is 4.39. The number of urea groups is 1. The molecule has 2 N–H and O–H groups in total. The Labute approximate surface area is 148 Å². The third-order valence-electron chi connectivity index (χ3n) is 4.85. The van der Waals surface area contributed by atoms with E-state index in [0.29, 0.717) is 18.7 Å². The van der Waals surface area contributed by atoms with Crippen LogP contribution in [-0.4, -0.2) is 41.8 Å². The molecule has 3 atom stereocenters.